The summed E-state index contributed by atoms with van der Waals surface area (Å²) in [5.74, 6) is 2.62. The van der Waals surface area contributed by atoms with E-state index in [9.17, 15) is 4.79 Å². The van der Waals surface area contributed by atoms with Gasteiger partial charge in [0.05, 0.1) is 4.58 Å². The molecule has 0 amide bonds. The molecule has 13 heavy (non-hydrogen) atoms. The normalized spacial score (nSPS) is 12.8. The molecule has 3 heteroatoms. The number of thioether (sulfide) groups is 2. The number of unbranched alkanes of at least 4 members (excludes halogenated alkanes) is 1. The second kappa shape index (κ2) is 8.95. The molecule has 78 valence electrons. The molecule has 0 heterocycles. The van der Waals surface area contributed by atoms with Gasteiger partial charge in [-0.3, -0.25) is 4.79 Å². The number of rotatable bonds is 8. The summed E-state index contributed by atoms with van der Waals surface area (Å²) >= 11 is 3.84. The zero-order valence-electron chi connectivity index (χ0n) is 8.84. The Bertz CT molecular complexity index is 137. The summed E-state index contributed by atoms with van der Waals surface area (Å²) in [6.07, 6.45) is 3.24. The highest BCUT2D eigenvalue weighted by molar-refractivity contribution is 8.17. The van der Waals surface area contributed by atoms with Crippen LogP contribution in [0.25, 0.3) is 0 Å². The minimum atomic E-state index is 0.315. The van der Waals surface area contributed by atoms with Crippen molar-refractivity contribution in [3.8, 4) is 0 Å². The quantitative estimate of drug-likeness (QED) is 0.460. The average molecular weight is 220 g/mol. The fraction of sp³-hybridized carbons (Fsp3) is 0.900. The average Bonchev–Trinajstić information content (AvgIpc) is 2.04. The van der Waals surface area contributed by atoms with Crippen LogP contribution in [0.2, 0.25) is 0 Å². The lowest BCUT2D eigenvalue weighted by Crippen LogP contribution is -2.05. The second-order valence-electron chi connectivity index (χ2n) is 3.02. The highest BCUT2D eigenvalue weighted by atomic mass is 32.2. The molecule has 1 atom stereocenters. The van der Waals surface area contributed by atoms with Gasteiger partial charge in [0.15, 0.2) is 0 Å². The van der Waals surface area contributed by atoms with Crippen LogP contribution in [0.4, 0.5) is 0 Å². The maximum Gasteiger partial charge on any atom is 0.131 e. The molecule has 0 aliphatic carbocycles. The van der Waals surface area contributed by atoms with Gasteiger partial charge in [-0.2, -0.15) is 0 Å². The maximum atomic E-state index is 10.9. The van der Waals surface area contributed by atoms with Gasteiger partial charge in [0, 0.05) is 6.42 Å². The van der Waals surface area contributed by atoms with E-state index in [4.69, 9.17) is 0 Å². The van der Waals surface area contributed by atoms with Gasteiger partial charge >= 0.3 is 0 Å². The highest BCUT2D eigenvalue weighted by Crippen LogP contribution is 2.27. The Kier molecular flexibility index (Phi) is 9.20. The lowest BCUT2D eigenvalue weighted by Gasteiger charge is -2.12. The fourth-order valence-electron chi connectivity index (χ4n) is 0.946. The van der Waals surface area contributed by atoms with E-state index in [0.29, 0.717) is 10.4 Å². The number of carbonyl (C=O) groups excluding carboxylic acids is 1. The standard InChI is InChI=1S/C10H20OS2/c1-4-6-7-13-10(12-5-2)8-9(3)11/h10H,4-8H2,1-3H3. The van der Waals surface area contributed by atoms with Crippen molar-refractivity contribution in [1.82, 2.24) is 0 Å². The summed E-state index contributed by atoms with van der Waals surface area (Å²) in [5.41, 5.74) is 0. The molecule has 0 fully saturated rings. The molecule has 0 spiro atoms. The Balaban J connectivity index is 3.59. The third-order valence-electron chi connectivity index (χ3n) is 1.61. The van der Waals surface area contributed by atoms with Gasteiger partial charge in [-0.05, 0) is 24.9 Å². The molecular weight excluding hydrogens is 200 g/mol. The maximum absolute atomic E-state index is 10.9. The SMILES string of the molecule is CCCCSC(CC(C)=O)SCC. The Labute approximate surface area is 90.4 Å². The number of hydrogen-bond acceptors (Lipinski definition) is 3. The minimum Gasteiger partial charge on any atom is -0.300 e. The number of hydrogen-bond donors (Lipinski definition) is 0. The first-order valence-corrected chi connectivity index (χ1v) is 7.03. The summed E-state index contributed by atoms with van der Waals surface area (Å²) in [6.45, 7) is 6.04. The third-order valence-corrected chi connectivity index (χ3v) is 4.36. The zero-order chi connectivity index (χ0) is 10.1. The van der Waals surface area contributed by atoms with Gasteiger partial charge in [-0.1, -0.05) is 20.3 Å². The van der Waals surface area contributed by atoms with E-state index < -0.39 is 0 Å². The first-order chi connectivity index (χ1) is 6.20. The molecule has 0 N–H and O–H groups in total. The topological polar surface area (TPSA) is 17.1 Å². The van der Waals surface area contributed by atoms with Gasteiger partial charge in [0.2, 0.25) is 0 Å². The van der Waals surface area contributed by atoms with Crippen molar-refractivity contribution in [2.24, 2.45) is 0 Å². The first kappa shape index (κ1) is 13.4. The molecule has 0 aromatic rings. The van der Waals surface area contributed by atoms with Gasteiger partial charge in [0.25, 0.3) is 0 Å². The molecule has 0 aromatic carbocycles. The van der Waals surface area contributed by atoms with Crippen LogP contribution in [0.3, 0.4) is 0 Å². The Morgan fingerprint density at radius 2 is 2.00 bits per heavy atom. The summed E-state index contributed by atoms with van der Waals surface area (Å²) < 4.78 is 0.494. The number of ketones is 1. The van der Waals surface area contributed by atoms with Crippen LogP contribution in [0, 0.1) is 0 Å². The molecule has 0 bridgehead atoms. The smallest absolute Gasteiger partial charge is 0.131 e. The Morgan fingerprint density at radius 1 is 1.31 bits per heavy atom. The Hall–Kier alpha value is 0.370. The van der Waals surface area contributed by atoms with Gasteiger partial charge in [-0.25, -0.2) is 0 Å². The van der Waals surface area contributed by atoms with Crippen LogP contribution in [0.1, 0.15) is 40.0 Å². The van der Waals surface area contributed by atoms with E-state index >= 15 is 0 Å². The Morgan fingerprint density at radius 3 is 2.46 bits per heavy atom. The van der Waals surface area contributed by atoms with Gasteiger partial charge < -0.3 is 0 Å². The molecule has 0 aliphatic rings. The molecule has 0 aromatic heterocycles. The van der Waals surface area contributed by atoms with E-state index in [1.165, 1.54) is 18.6 Å². The monoisotopic (exact) mass is 220 g/mol. The molecule has 0 saturated carbocycles. The van der Waals surface area contributed by atoms with Crippen molar-refractivity contribution in [2.45, 2.75) is 44.6 Å². The van der Waals surface area contributed by atoms with Crippen LogP contribution >= 0.6 is 23.5 Å². The highest BCUT2D eigenvalue weighted by Gasteiger charge is 2.10. The van der Waals surface area contributed by atoms with Crippen LogP contribution in [-0.4, -0.2) is 21.9 Å². The van der Waals surface area contributed by atoms with E-state index in [1.54, 1.807) is 6.92 Å². The van der Waals surface area contributed by atoms with E-state index in [1.807, 2.05) is 23.5 Å². The summed E-state index contributed by atoms with van der Waals surface area (Å²) in [5, 5.41) is 0. The van der Waals surface area contributed by atoms with Crippen molar-refractivity contribution in [1.29, 1.82) is 0 Å². The number of carbonyl (C=O) groups is 1. The molecule has 1 nitrogen and oxygen atoms in total. The van der Waals surface area contributed by atoms with Gasteiger partial charge in [0.1, 0.15) is 5.78 Å². The van der Waals surface area contributed by atoms with E-state index in [0.717, 1.165) is 12.2 Å². The lowest BCUT2D eigenvalue weighted by atomic mass is 10.3. The van der Waals surface area contributed by atoms with E-state index in [2.05, 4.69) is 13.8 Å². The van der Waals surface area contributed by atoms with Crippen LogP contribution < -0.4 is 0 Å². The van der Waals surface area contributed by atoms with Crippen molar-refractivity contribution in [3.05, 3.63) is 0 Å². The predicted octanol–water partition coefficient (Wildman–Crippen LogP) is 3.58. The zero-order valence-corrected chi connectivity index (χ0v) is 10.5. The third kappa shape index (κ3) is 8.69. The lowest BCUT2D eigenvalue weighted by molar-refractivity contribution is -0.116. The van der Waals surface area contributed by atoms with E-state index in [-0.39, 0.29) is 0 Å². The molecule has 0 aliphatic heterocycles. The molecule has 0 radical (unpaired) electrons. The molecule has 1 unspecified atom stereocenters. The molecule has 0 rings (SSSR count). The first-order valence-electron chi connectivity index (χ1n) is 4.93. The summed E-state index contributed by atoms with van der Waals surface area (Å²) in [4.78, 5) is 10.9. The fourth-order valence-corrected chi connectivity index (χ4v) is 3.82. The van der Waals surface area contributed by atoms with Crippen molar-refractivity contribution < 1.29 is 4.79 Å². The van der Waals surface area contributed by atoms with Crippen LogP contribution in [0.5, 0.6) is 0 Å². The summed E-state index contributed by atoms with van der Waals surface area (Å²) in [7, 11) is 0. The number of Topliss-reactive ketones (excluding diaryl/α,β-unsaturated/α-hetero) is 1. The summed E-state index contributed by atoms with van der Waals surface area (Å²) in [6, 6.07) is 0. The van der Waals surface area contributed by atoms with Crippen LogP contribution in [0.15, 0.2) is 0 Å². The largest absolute Gasteiger partial charge is 0.300 e. The van der Waals surface area contributed by atoms with Crippen molar-refractivity contribution >= 4 is 29.3 Å². The molecular formula is C10H20OS2. The predicted molar refractivity (Wildman–Crippen MR) is 64.6 cm³/mol. The molecule has 0 saturated heterocycles. The second-order valence-corrected chi connectivity index (χ2v) is 6.10. The van der Waals surface area contributed by atoms with Crippen LogP contribution in [-0.2, 0) is 4.79 Å². The minimum absolute atomic E-state index is 0.315. The van der Waals surface area contributed by atoms with Crippen molar-refractivity contribution in [3.63, 3.8) is 0 Å². The van der Waals surface area contributed by atoms with Gasteiger partial charge in [-0.15, -0.1) is 23.5 Å². The van der Waals surface area contributed by atoms with Crippen molar-refractivity contribution in [2.75, 3.05) is 11.5 Å².